The van der Waals surface area contributed by atoms with Gasteiger partial charge in [0.1, 0.15) is 0 Å². The molecule has 1 amide bonds. The molecule has 144 valence electrons. The number of nitrogens with zero attached hydrogens (tertiary/aromatic N) is 3. The van der Waals surface area contributed by atoms with Gasteiger partial charge in [-0.15, -0.1) is 0 Å². The molecule has 0 aromatic heterocycles. The van der Waals surface area contributed by atoms with Crippen molar-refractivity contribution in [1.29, 1.82) is 0 Å². The summed E-state index contributed by atoms with van der Waals surface area (Å²) in [6, 6.07) is 16.3. The number of thioether (sulfide) groups is 1. The van der Waals surface area contributed by atoms with E-state index in [1.165, 1.54) is 23.0 Å². The number of ether oxygens (including phenoxy) is 1. The Morgan fingerprint density at radius 1 is 1.04 bits per heavy atom. The summed E-state index contributed by atoms with van der Waals surface area (Å²) in [7, 11) is 1.77. The molecule has 2 saturated heterocycles. The molecule has 0 bridgehead atoms. The van der Waals surface area contributed by atoms with Gasteiger partial charge in [0.15, 0.2) is 5.17 Å². The van der Waals surface area contributed by atoms with Gasteiger partial charge in [-0.2, -0.15) is 0 Å². The van der Waals surface area contributed by atoms with Crippen LogP contribution in [0.4, 0.5) is 11.4 Å². The molecule has 0 unspecified atom stereocenters. The van der Waals surface area contributed by atoms with Crippen LogP contribution in [0.15, 0.2) is 58.4 Å². The smallest absolute Gasteiger partial charge is 0.266 e. The Balaban J connectivity index is 1.51. The Bertz CT molecular complexity index is 914. The third kappa shape index (κ3) is 4.13. The first kappa shape index (κ1) is 18.8. The molecule has 0 N–H and O–H groups in total. The summed E-state index contributed by atoms with van der Waals surface area (Å²) in [4.78, 5) is 21.9. The second kappa shape index (κ2) is 8.20. The first-order chi connectivity index (χ1) is 13.6. The summed E-state index contributed by atoms with van der Waals surface area (Å²) in [6.45, 7) is 5.41. The van der Waals surface area contributed by atoms with Crippen molar-refractivity contribution >= 4 is 40.3 Å². The number of hydrogen-bond acceptors (Lipinski definition) is 5. The molecular formula is C22H23N3O2S. The molecular weight excluding hydrogens is 370 g/mol. The summed E-state index contributed by atoms with van der Waals surface area (Å²) >= 11 is 1.41. The monoisotopic (exact) mass is 393 g/mol. The maximum atomic E-state index is 12.6. The lowest BCUT2D eigenvalue weighted by Gasteiger charge is -2.28. The molecule has 6 heteroatoms. The molecule has 0 spiro atoms. The van der Waals surface area contributed by atoms with Crippen molar-refractivity contribution in [3.05, 3.63) is 64.6 Å². The fourth-order valence-corrected chi connectivity index (χ4v) is 4.12. The standard InChI is InChI=1S/C22H23N3O2S/c1-16-3-5-17(6-4-16)15-20-21(26)24(2)22(28-20)23-18-7-9-19(10-8-18)25-11-13-27-14-12-25/h3-10,15H,11-14H2,1-2H3/b20-15-,23-22?. The van der Waals surface area contributed by atoms with Gasteiger partial charge in [-0.3, -0.25) is 9.69 Å². The number of carbonyl (C=O) groups excluding carboxylic acids is 1. The lowest BCUT2D eigenvalue weighted by molar-refractivity contribution is -0.121. The van der Waals surface area contributed by atoms with E-state index in [-0.39, 0.29) is 5.91 Å². The molecule has 28 heavy (non-hydrogen) atoms. The second-order valence-corrected chi connectivity index (χ2v) is 7.90. The number of aliphatic imine (C=N–C) groups is 1. The molecule has 4 rings (SSSR count). The zero-order valence-electron chi connectivity index (χ0n) is 16.1. The van der Waals surface area contributed by atoms with Crippen LogP contribution in [-0.2, 0) is 9.53 Å². The first-order valence-corrected chi connectivity index (χ1v) is 10.2. The van der Waals surface area contributed by atoms with Gasteiger partial charge in [0.25, 0.3) is 5.91 Å². The zero-order chi connectivity index (χ0) is 19.5. The quantitative estimate of drug-likeness (QED) is 0.738. The molecule has 2 aromatic rings. The van der Waals surface area contributed by atoms with Crippen molar-refractivity contribution in [1.82, 2.24) is 4.90 Å². The molecule has 2 aliphatic rings. The minimum atomic E-state index is -0.0192. The number of amidine groups is 1. The summed E-state index contributed by atoms with van der Waals surface area (Å²) in [5, 5.41) is 0.697. The van der Waals surface area contributed by atoms with E-state index in [9.17, 15) is 4.79 Å². The summed E-state index contributed by atoms with van der Waals surface area (Å²) < 4.78 is 5.40. The van der Waals surface area contributed by atoms with Crippen LogP contribution in [0, 0.1) is 6.92 Å². The third-order valence-electron chi connectivity index (χ3n) is 4.83. The summed E-state index contributed by atoms with van der Waals surface area (Å²) in [5.41, 5.74) is 4.24. The molecule has 2 fully saturated rings. The highest BCUT2D eigenvalue weighted by Gasteiger charge is 2.30. The molecule has 5 nitrogen and oxygen atoms in total. The molecule has 2 heterocycles. The van der Waals surface area contributed by atoms with E-state index in [0.29, 0.717) is 10.1 Å². The molecule has 0 radical (unpaired) electrons. The number of rotatable bonds is 3. The van der Waals surface area contributed by atoms with E-state index < -0.39 is 0 Å². The largest absolute Gasteiger partial charge is 0.378 e. The minimum Gasteiger partial charge on any atom is -0.378 e. The highest BCUT2D eigenvalue weighted by atomic mass is 32.2. The minimum absolute atomic E-state index is 0.0192. The van der Waals surface area contributed by atoms with Gasteiger partial charge >= 0.3 is 0 Å². The van der Waals surface area contributed by atoms with E-state index in [2.05, 4.69) is 28.9 Å². The van der Waals surface area contributed by atoms with Crippen LogP contribution in [0.2, 0.25) is 0 Å². The molecule has 0 aliphatic carbocycles. The van der Waals surface area contributed by atoms with Crippen LogP contribution in [0.3, 0.4) is 0 Å². The van der Waals surface area contributed by atoms with Crippen molar-refractivity contribution in [2.45, 2.75) is 6.92 Å². The van der Waals surface area contributed by atoms with Crippen LogP contribution >= 0.6 is 11.8 Å². The van der Waals surface area contributed by atoms with E-state index >= 15 is 0 Å². The number of benzene rings is 2. The van der Waals surface area contributed by atoms with Crippen LogP contribution in [0.5, 0.6) is 0 Å². The molecule has 2 aliphatic heterocycles. The average molecular weight is 394 g/mol. The predicted octanol–water partition coefficient (Wildman–Crippen LogP) is 4.07. The first-order valence-electron chi connectivity index (χ1n) is 9.36. The van der Waals surface area contributed by atoms with Gasteiger partial charge in [0, 0.05) is 25.8 Å². The molecule has 2 aromatic carbocycles. The molecule has 0 atom stereocenters. The number of aryl methyl sites for hydroxylation is 1. The Labute approximate surface area is 169 Å². The van der Waals surface area contributed by atoms with Crippen molar-refractivity contribution in [3.8, 4) is 0 Å². The lowest BCUT2D eigenvalue weighted by atomic mass is 10.1. The summed E-state index contributed by atoms with van der Waals surface area (Å²) in [5.74, 6) is -0.0192. The second-order valence-electron chi connectivity index (χ2n) is 6.90. The molecule has 0 saturated carbocycles. The van der Waals surface area contributed by atoms with E-state index in [0.717, 1.165) is 37.6 Å². The van der Waals surface area contributed by atoms with Gasteiger partial charge in [-0.25, -0.2) is 4.99 Å². The predicted molar refractivity (Wildman–Crippen MR) is 116 cm³/mol. The van der Waals surface area contributed by atoms with Gasteiger partial charge in [-0.05, 0) is 54.6 Å². The van der Waals surface area contributed by atoms with Gasteiger partial charge in [0.05, 0.1) is 23.8 Å². The van der Waals surface area contributed by atoms with Gasteiger partial charge in [0.2, 0.25) is 0 Å². The van der Waals surface area contributed by atoms with Crippen molar-refractivity contribution in [2.75, 3.05) is 38.3 Å². The normalized spacial score (nSPS) is 20.4. The van der Waals surface area contributed by atoms with Crippen molar-refractivity contribution in [3.63, 3.8) is 0 Å². The maximum Gasteiger partial charge on any atom is 0.266 e. The average Bonchev–Trinajstić information content (AvgIpc) is 2.99. The number of morpholine rings is 1. The number of anilines is 1. The zero-order valence-corrected chi connectivity index (χ0v) is 16.9. The third-order valence-corrected chi connectivity index (χ3v) is 5.89. The van der Waals surface area contributed by atoms with E-state index in [1.54, 1.807) is 11.9 Å². The van der Waals surface area contributed by atoms with Crippen LogP contribution in [-0.4, -0.2) is 49.3 Å². The fourth-order valence-electron chi connectivity index (χ4n) is 3.14. The maximum absolute atomic E-state index is 12.6. The number of hydrogen-bond donors (Lipinski definition) is 0. The van der Waals surface area contributed by atoms with Gasteiger partial charge < -0.3 is 9.64 Å². The van der Waals surface area contributed by atoms with Crippen LogP contribution < -0.4 is 4.90 Å². The Morgan fingerprint density at radius 2 is 1.71 bits per heavy atom. The van der Waals surface area contributed by atoms with Gasteiger partial charge in [-0.1, -0.05) is 29.8 Å². The van der Waals surface area contributed by atoms with Crippen LogP contribution in [0.25, 0.3) is 6.08 Å². The van der Waals surface area contributed by atoms with Crippen LogP contribution in [0.1, 0.15) is 11.1 Å². The van der Waals surface area contributed by atoms with Crippen molar-refractivity contribution < 1.29 is 9.53 Å². The number of likely N-dealkylation sites (N-methyl/N-ethyl adjacent to an activating group) is 1. The number of carbonyl (C=O) groups is 1. The van der Waals surface area contributed by atoms with E-state index in [4.69, 9.17) is 4.74 Å². The number of amides is 1. The lowest BCUT2D eigenvalue weighted by Crippen LogP contribution is -2.36. The summed E-state index contributed by atoms with van der Waals surface area (Å²) in [6.07, 6.45) is 1.92. The highest BCUT2D eigenvalue weighted by Crippen LogP contribution is 2.33. The Morgan fingerprint density at radius 3 is 2.39 bits per heavy atom. The SMILES string of the molecule is Cc1ccc(/C=C2\SC(=Nc3ccc(N4CCOCC4)cc3)N(C)C2=O)cc1. The van der Waals surface area contributed by atoms with Crippen molar-refractivity contribution in [2.24, 2.45) is 4.99 Å². The highest BCUT2D eigenvalue weighted by molar-refractivity contribution is 8.18. The Hall–Kier alpha value is -2.57. The fraction of sp³-hybridized carbons (Fsp3) is 0.273. The van der Waals surface area contributed by atoms with E-state index in [1.807, 2.05) is 42.5 Å². The Kier molecular flexibility index (Phi) is 5.50. The topological polar surface area (TPSA) is 45.1 Å².